The van der Waals surface area contributed by atoms with Crippen molar-refractivity contribution in [1.29, 1.82) is 0 Å². The molecule has 1 aromatic rings. The van der Waals surface area contributed by atoms with Gasteiger partial charge in [0.2, 0.25) is 5.95 Å². The van der Waals surface area contributed by atoms with Crippen LogP contribution in [-0.2, 0) is 6.42 Å². The van der Waals surface area contributed by atoms with Crippen molar-refractivity contribution < 1.29 is 0 Å². The summed E-state index contributed by atoms with van der Waals surface area (Å²) in [5.41, 5.74) is 6.98. The largest absolute Gasteiger partial charge is 0.341 e. The third-order valence-corrected chi connectivity index (χ3v) is 3.47. The van der Waals surface area contributed by atoms with E-state index in [2.05, 4.69) is 28.7 Å². The third-order valence-electron chi connectivity index (χ3n) is 3.47. The fourth-order valence-electron chi connectivity index (χ4n) is 2.53. The van der Waals surface area contributed by atoms with E-state index in [-0.39, 0.29) is 0 Å². The van der Waals surface area contributed by atoms with Gasteiger partial charge in [0.25, 0.3) is 0 Å². The molecule has 0 amide bonds. The number of hydrogen-bond donors (Lipinski definition) is 1. The minimum absolute atomic E-state index is 0.595. The summed E-state index contributed by atoms with van der Waals surface area (Å²) in [4.78, 5) is 11.3. The Morgan fingerprint density at radius 1 is 1.39 bits per heavy atom. The molecular weight excluding hydrogens is 224 g/mol. The molecule has 0 aliphatic carbocycles. The Labute approximate surface area is 110 Å². The number of piperidine rings is 1. The molecule has 0 bridgehead atoms. The maximum Gasteiger partial charge on any atom is 0.225 e. The highest BCUT2D eigenvalue weighted by Gasteiger charge is 2.20. The second kappa shape index (κ2) is 6.14. The molecule has 0 radical (unpaired) electrons. The highest BCUT2D eigenvalue weighted by molar-refractivity contribution is 5.30. The van der Waals surface area contributed by atoms with Crippen molar-refractivity contribution in [3.05, 3.63) is 18.0 Å². The summed E-state index contributed by atoms with van der Waals surface area (Å²) in [6, 6.07) is 0. The second-order valence-corrected chi connectivity index (χ2v) is 5.68. The first-order valence-corrected chi connectivity index (χ1v) is 6.95. The van der Waals surface area contributed by atoms with E-state index in [1.807, 2.05) is 12.4 Å². The Morgan fingerprint density at radius 2 is 2.11 bits per heavy atom. The lowest BCUT2D eigenvalue weighted by Crippen LogP contribution is -2.39. The Hall–Kier alpha value is -1.16. The number of aromatic nitrogens is 2. The number of hydrogen-bond acceptors (Lipinski definition) is 4. The SMILES string of the molecule is CC(C)Cc1cnc(N2CCCC(CN)C2)nc1. The molecule has 1 saturated heterocycles. The lowest BCUT2D eigenvalue weighted by molar-refractivity contribution is 0.419. The first-order chi connectivity index (χ1) is 8.69. The summed E-state index contributed by atoms with van der Waals surface area (Å²) in [5.74, 6) is 2.11. The van der Waals surface area contributed by atoms with Gasteiger partial charge in [-0.05, 0) is 43.2 Å². The van der Waals surface area contributed by atoms with Crippen molar-refractivity contribution in [2.75, 3.05) is 24.5 Å². The molecule has 1 fully saturated rings. The lowest BCUT2D eigenvalue weighted by Gasteiger charge is -2.32. The maximum absolute atomic E-state index is 5.75. The van der Waals surface area contributed by atoms with Crippen LogP contribution in [0.2, 0.25) is 0 Å². The van der Waals surface area contributed by atoms with Crippen molar-refractivity contribution in [3.63, 3.8) is 0 Å². The van der Waals surface area contributed by atoms with E-state index in [0.717, 1.165) is 32.0 Å². The van der Waals surface area contributed by atoms with Crippen molar-refractivity contribution in [2.24, 2.45) is 17.6 Å². The van der Waals surface area contributed by atoms with Crippen LogP contribution < -0.4 is 10.6 Å². The number of anilines is 1. The molecule has 1 atom stereocenters. The zero-order valence-electron chi connectivity index (χ0n) is 11.5. The van der Waals surface area contributed by atoms with Gasteiger partial charge in [-0.3, -0.25) is 0 Å². The summed E-state index contributed by atoms with van der Waals surface area (Å²) in [5, 5.41) is 0. The maximum atomic E-state index is 5.75. The molecule has 2 N–H and O–H groups in total. The van der Waals surface area contributed by atoms with Crippen LogP contribution in [0.15, 0.2) is 12.4 Å². The third kappa shape index (κ3) is 3.42. The molecule has 2 heterocycles. The quantitative estimate of drug-likeness (QED) is 0.883. The van der Waals surface area contributed by atoms with Gasteiger partial charge in [-0.15, -0.1) is 0 Å². The first kappa shape index (κ1) is 13.3. The molecule has 4 nitrogen and oxygen atoms in total. The monoisotopic (exact) mass is 248 g/mol. The fourth-order valence-corrected chi connectivity index (χ4v) is 2.53. The molecule has 0 saturated carbocycles. The Morgan fingerprint density at radius 3 is 2.72 bits per heavy atom. The van der Waals surface area contributed by atoms with Crippen LogP contribution in [0.1, 0.15) is 32.3 Å². The van der Waals surface area contributed by atoms with E-state index in [4.69, 9.17) is 5.73 Å². The molecule has 4 heteroatoms. The average molecular weight is 248 g/mol. The minimum Gasteiger partial charge on any atom is -0.341 e. The van der Waals surface area contributed by atoms with E-state index >= 15 is 0 Å². The summed E-state index contributed by atoms with van der Waals surface area (Å²) in [6.07, 6.45) is 7.41. The topological polar surface area (TPSA) is 55.0 Å². The van der Waals surface area contributed by atoms with E-state index in [1.165, 1.54) is 18.4 Å². The van der Waals surface area contributed by atoms with Gasteiger partial charge in [-0.2, -0.15) is 0 Å². The van der Waals surface area contributed by atoms with E-state index in [9.17, 15) is 0 Å². The molecule has 1 aliphatic heterocycles. The van der Waals surface area contributed by atoms with Gasteiger partial charge in [0.05, 0.1) is 0 Å². The summed E-state index contributed by atoms with van der Waals surface area (Å²) in [7, 11) is 0. The zero-order valence-corrected chi connectivity index (χ0v) is 11.5. The standard InChI is InChI=1S/C14H24N4/c1-11(2)6-13-8-16-14(17-9-13)18-5-3-4-12(7-15)10-18/h8-9,11-12H,3-7,10,15H2,1-2H3. The van der Waals surface area contributed by atoms with E-state index in [1.54, 1.807) is 0 Å². The molecule has 0 aromatic carbocycles. The van der Waals surface area contributed by atoms with Gasteiger partial charge in [0, 0.05) is 25.5 Å². The van der Waals surface area contributed by atoms with Gasteiger partial charge in [0.1, 0.15) is 0 Å². The van der Waals surface area contributed by atoms with E-state index < -0.39 is 0 Å². The first-order valence-electron chi connectivity index (χ1n) is 6.95. The number of nitrogens with zero attached hydrogens (tertiary/aromatic N) is 3. The van der Waals surface area contributed by atoms with Crippen LogP contribution in [0.3, 0.4) is 0 Å². The van der Waals surface area contributed by atoms with Crippen LogP contribution >= 0.6 is 0 Å². The molecule has 1 aliphatic rings. The molecule has 1 unspecified atom stereocenters. The van der Waals surface area contributed by atoms with Crippen molar-refractivity contribution >= 4 is 5.95 Å². The summed E-state index contributed by atoms with van der Waals surface area (Å²) >= 11 is 0. The van der Waals surface area contributed by atoms with Crippen molar-refractivity contribution in [1.82, 2.24) is 9.97 Å². The Balaban J connectivity index is 2.00. The molecule has 1 aromatic heterocycles. The predicted octanol–water partition coefficient (Wildman–Crippen LogP) is 1.85. The molecule has 2 rings (SSSR count). The second-order valence-electron chi connectivity index (χ2n) is 5.68. The summed E-state index contributed by atoms with van der Waals surface area (Å²) in [6.45, 7) is 7.25. The molecule has 100 valence electrons. The lowest BCUT2D eigenvalue weighted by atomic mass is 9.99. The molecule has 0 spiro atoms. The average Bonchev–Trinajstić information content (AvgIpc) is 2.39. The number of nitrogens with two attached hydrogens (primary N) is 1. The van der Waals surface area contributed by atoms with Crippen LogP contribution in [0.5, 0.6) is 0 Å². The van der Waals surface area contributed by atoms with Crippen molar-refractivity contribution in [3.8, 4) is 0 Å². The highest BCUT2D eigenvalue weighted by atomic mass is 15.2. The highest BCUT2D eigenvalue weighted by Crippen LogP contribution is 2.19. The van der Waals surface area contributed by atoms with Crippen LogP contribution in [-0.4, -0.2) is 29.6 Å². The van der Waals surface area contributed by atoms with Crippen molar-refractivity contribution in [2.45, 2.75) is 33.1 Å². The Bertz CT molecular complexity index is 361. The molecular formula is C14H24N4. The Kier molecular flexibility index (Phi) is 4.53. The van der Waals surface area contributed by atoms with Gasteiger partial charge >= 0.3 is 0 Å². The van der Waals surface area contributed by atoms with Crippen LogP contribution in [0.25, 0.3) is 0 Å². The van der Waals surface area contributed by atoms with E-state index in [0.29, 0.717) is 11.8 Å². The number of rotatable bonds is 4. The summed E-state index contributed by atoms with van der Waals surface area (Å²) < 4.78 is 0. The van der Waals surface area contributed by atoms with Crippen LogP contribution in [0.4, 0.5) is 5.95 Å². The zero-order chi connectivity index (χ0) is 13.0. The van der Waals surface area contributed by atoms with Gasteiger partial charge in [-0.25, -0.2) is 9.97 Å². The van der Waals surface area contributed by atoms with Gasteiger partial charge in [-0.1, -0.05) is 13.8 Å². The fraction of sp³-hybridized carbons (Fsp3) is 0.714. The smallest absolute Gasteiger partial charge is 0.225 e. The molecule has 18 heavy (non-hydrogen) atoms. The normalized spacial score (nSPS) is 20.4. The van der Waals surface area contributed by atoms with Gasteiger partial charge < -0.3 is 10.6 Å². The minimum atomic E-state index is 0.595. The van der Waals surface area contributed by atoms with Crippen LogP contribution in [0, 0.1) is 11.8 Å². The predicted molar refractivity (Wildman–Crippen MR) is 74.6 cm³/mol. The van der Waals surface area contributed by atoms with Gasteiger partial charge in [0.15, 0.2) is 0 Å².